The summed E-state index contributed by atoms with van der Waals surface area (Å²) in [7, 11) is 0. The van der Waals surface area contributed by atoms with Crippen LogP contribution in [0.4, 0.5) is 10.1 Å². The first-order valence-electron chi connectivity index (χ1n) is 10.6. The molecule has 0 aliphatic carbocycles. The average Bonchev–Trinajstić information content (AvgIpc) is 3.14. The number of nitrogens with zero attached hydrogens (tertiary/aromatic N) is 4. The molecule has 0 radical (unpaired) electrons. The number of thioether (sulfide) groups is 1. The van der Waals surface area contributed by atoms with Gasteiger partial charge in [-0.1, -0.05) is 48.2 Å². The number of hydrogen-bond acceptors (Lipinski definition) is 5. The molecule has 0 atom stereocenters. The molecule has 0 spiro atoms. The van der Waals surface area contributed by atoms with Crippen LogP contribution in [0, 0.1) is 12.7 Å². The lowest BCUT2D eigenvalue weighted by molar-refractivity contribution is -0.113. The number of amides is 1. The number of aliphatic imine (C=N–C) groups is 1. The molecule has 2 aromatic heterocycles. The van der Waals surface area contributed by atoms with E-state index < -0.39 is 5.82 Å². The van der Waals surface area contributed by atoms with Crippen molar-refractivity contribution in [3.8, 4) is 0 Å². The Hall–Kier alpha value is -4.04. The smallest absolute Gasteiger partial charge is 0.269 e. The zero-order valence-corrected chi connectivity index (χ0v) is 19.0. The van der Waals surface area contributed by atoms with Gasteiger partial charge >= 0.3 is 0 Å². The fraction of sp³-hybridized carbons (Fsp3) is 0.0769. The molecular formula is C26H19FN4O2S. The van der Waals surface area contributed by atoms with Gasteiger partial charge < -0.3 is 0 Å². The maximum Gasteiger partial charge on any atom is 0.283 e. The van der Waals surface area contributed by atoms with Gasteiger partial charge in [-0.2, -0.15) is 0 Å². The molecule has 1 aliphatic rings. The van der Waals surface area contributed by atoms with Crippen molar-refractivity contribution in [3.63, 3.8) is 0 Å². The minimum Gasteiger partial charge on any atom is -0.269 e. The molecule has 5 rings (SSSR count). The van der Waals surface area contributed by atoms with E-state index in [1.165, 1.54) is 39.3 Å². The second-order valence-corrected chi connectivity index (χ2v) is 8.65. The number of amidine groups is 1. The van der Waals surface area contributed by atoms with Crippen molar-refractivity contribution in [1.82, 2.24) is 9.38 Å². The monoisotopic (exact) mass is 470 g/mol. The quantitative estimate of drug-likeness (QED) is 0.401. The molecule has 0 unspecified atom stereocenters. The first kappa shape index (κ1) is 21.8. The number of aryl methyl sites for hydroxylation is 1. The molecular weight excluding hydrogens is 451 g/mol. The molecule has 1 amide bonds. The topological polar surface area (TPSA) is 67.0 Å². The van der Waals surface area contributed by atoms with Gasteiger partial charge in [0.15, 0.2) is 5.17 Å². The first-order valence-corrected chi connectivity index (χ1v) is 11.5. The van der Waals surface area contributed by atoms with E-state index in [0.29, 0.717) is 27.9 Å². The van der Waals surface area contributed by atoms with Crippen LogP contribution in [0.3, 0.4) is 0 Å². The molecule has 34 heavy (non-hydrogen) atoms. The van der Waals surface area contributed by atoms with Crippen LogP contribution in [0.15, 0.2) is 94.5 Å². The van der Waals surface area contributed by atoms with Gasteiger partial charge in [0.1, 0.15) is 17.2 Å². The van der Waals surface area contributed by atoms with Crippen molar-refractivity contribution in [2.75, 3.05) is 4.90 Å². The molecule has 1 aliphatic heterocycles. The highest BCUT2D eigenvalue weighted by Gasteiger charge is 2.32. The van der Waals surface area contributed by atoms with Crippen molar-refractivity contribution in [3.05, 3.63) is 118 Å². The molecule has 168 valence electrons. The lowest BCUT2D eigenvalue weighted by atomic mass is 10.2. The van der Waals surface area contributed by atoms with E-state index in [0.717, 1.165) is 11.1 Å². The van der Waals surface area contributed by atoms with Crippen LogP contribution in [0.5, 0.6) is 0 Å². The van der Waals surface area contributed by atoms with Crippen molar-refractivity contribution in [1.29, 1.82) is 0 Å². The van der Waals surface area contributed by atoms with E-state index in [4.69, 9.17) is 0 Å². The molecule has 3 heterocycles. The SMILES string of the molecule is Cc1cccn2c(=O)cc(CSC3=N/C(=C\c4ccccc4)C(=O)N3c3ccc(F)cc3)nc12. The fourth-order valence-electron chi connectivity index (χ4n) is 3.64. The molecule has 6 nitrogen and oxygen atoms in total. The number of aromatic nitrogens is 2. The number of carbonyl (C=O) groups is 1. The maximum atomic E-state index is 13.5. The molecule has 4 aromatic rings. The molecule has 0 saturated carbocycles. The third-order valence-electron chi connectivity index (χ3n) is 5.31. The molecule has 0 fully saturated rings. The highest BCUT2D eigenvalue weighted by molar-refractivity contribution is 8.13. The summed E-state index contributed by atoms with van der Waals surface area (Å²) in [5.41, 5.74) is 3.53. The average molecular weight is 471 g/mol. The summed E-state index contributed by atoms with van der Waals surface area (Å²) in [6.07, 6.45) is 3.40. The Kier molecular flexibility index (Phi) is 5.81. The van der Waals surface area contributed by atoms with E-state index in [1.54, 1.807) is 30.5 Å². The summed E-state index contributed by atoms with van der Waals surface area (Å²) in [6.45, 7) is 1.90. The van der Waals surface area contributed by atoms with Gasteiger partial charge in [0.05, 0.1) is 11.4 Å². The van der Waals surface area contributed by atoms with E-state index >= 15 is 0 Å². The maximum absolute atomic E-state index is 13.5. The van der Waals surface area contributed by atoms with Crippen LogP contribution in [-0.4, -0.2) is 20.5 Å². The predicted octanol–water partition coefficient (Wildman–Crippen LogP) is 4.82. The summed E-state index contributed by atoms with van der Waals surface area (Å²) in [6, 6.07) is 20.3. The van der Waals surface area contributed by atoms with E-state index in [2.05, 4.69) is 9.98 Å². The lowest BCUT2D eigenvalue weighted by Crippen LogP contribution is -2.30. The Bertz CT molecular complexity index is 1510. The molecule has 2 aromatic carbocycles. The zero-order chi connectivity index (χ0) is 23.7. The highest BCUT2D eigenvalue weighted by atomic mass is 32.2. The Morgan fingerprint density at radius 1 is 1.00 bits per heavy atom. The molecule has 8 heteroatoms. The lowest BCUT2D eigenvalue weighted by Gasteiger charge is -2.17. The van der Waals surface area contributed by atoms with Crippen LogP contribution >= 0.6 is 11.8 Å². The van der Waals surface area contributed by atoms with Crippen LogP contribution in [0.2, 0.25) is 0 Å². The van der Waals surface area contributed by atoms with Crippen LogP contribution in [0.25, 0.3) is 11.7 Å². The van der Waals surface area contributed by atoms with E-state index in [1.807, 2.05) is 43.3 Å². The van der Waals surface area contributed by atoms with Crippen LogP contribution in [0.1, 0.15) is 16.8 Å². The third-order valence-corrected chi connectivity index (χ3v) is 6.28. The Balaban J connectivity index is 1.49. The third kappa shape index (κ3) is 4.27. The zero-order valence-electron chi connectivity index (χ0n) is 18.2. The molecule has 0 N–H and O–H groups in total. The number of rotatable bonds is 4. The standard InChI is InChI=1S/C26H19FN4O2S/c1-17-6-5-13-30-23(32)15-20(28-24(17)30)16-34-26-29-22(14-18-7-3-2-4-8-18)25(33)31(26)21-11-9-19(27)10-12-21/h2-15H,16H2,1H3/b22-14-. The van der Waals surface area contributed by atoms with Crippen molar-refractivity contribution >= 4 is 40.2 Å². The van der Waals surface area contributed by atoms with Gasteiger partial charge in [-0.05, 0) is 54.5 Å². The largest absolute Gasteiger partial charge is 0.283 e. The number of benzene rings is 2. The number of hydrogen-bond donors (Lipinski definition) is 0. The number of fused-ring (bicyclic) bond motifs is 1. The van der Waals surface area contributed by atoms with Gasteiger partial charge in [0.25, 0.3) is 11.5 Å². The molecule has 0 bridgehead atoms. The van der Waals surface area contributed by atoms with E-state index in [-0.39, 0.29) is 17.2 Å². The first-order chi connectivity index (χ1) is 16.5. The number of pyridine rings is 1. The highest BCUT2D eigenvalue weighted by Crippen LogP contribution is 2.30. The minimum atomic E-state index is -0.391. The van der Waals surface area contributed by atoms with E-state index in [9.17, 15) is 14.0 Å². The summed E-state index contributed by atoms with van der Waals surface area (Å²) >= 11 is 1.30. The number of anilines is 1. The van der Waals surface area contributed by atoms with Crippen LogP contribution < -0.4 is 10.5 Å². The van der Waals surface area contributed by atoms with Crippen molar-refractivity contribution in [2.24, 2.45) is 4.99 Å². The normalized spacial score (nSPS) is 14.8. The minimum absolute atomic E-state index is 0.172. The Morgan fingerprint density at radius 2 is 1.76 bits per heavy atom. The Morgan fingerprint density at radius 3 is 2.53 bits per heavy atom. The summed E-state index contributed by atoms with van der Waals surface area (Å²) < 4.78 is 15.0. The second-order valence-electron chi connectivity index (χ2n) is 7.71. The van der Waals surface area contributed by atoms with Gasteiger partial charge in [-0.25, -0.2) is 14.4 Å². The summed E-state index contributed by atoms with van der Waals surface area (Å²) in [4.78, 5) is 36.5. The van der Waals surface area contributed by atoms with Crippen molar-refractivity contribution in [2.45, 2.75) is 12.7 Å². The van der Waals surface area contributed by atoms with Gasteiger partial charge in [-0.15, -0.1) is 0 Å². The number of halogens is 1. The summed E-state index contributed by atoms with van der Waals surface area (Å²) in [5.74, 6) is -0.360. The van der Waals surface area contributed by atoms with Crippen LogP contribution in [-0.2, 0) is 10.5 Å². The Labute approximate surface area is 199 Å². The van der Waals surface area contributed by atoms with Gasteiger partial charge in [-0.3, -0.25) is 18.9 Å². The van der Waals surface area contributed by atoms with Crippen molar-refractivity contribution < 1.29 is 9.18 Å². The van der Waals surface area contributed by atoms with Gasteiger partial charge in [0, 0.05) is 18.0 Å². The predicted molar refractivity (Wildman–Crippen MR) is 133 cm³/mol. The fourth-order valence-corrected chi connectivity index (χ4v) is 4.54. The second kappa shape index (κ2) is 9.07. The number of carbonyl (C=O) groups excluding carboxylic acids is 1. The molecule has 0 saturated heterocycles. The van der Waals surface area contributed by atoms with Gasteiger partial charge in [0.2, 0.25) is 0 Å². The summed E-state index contributed by atoms with van der Waals surface area (Å²) in [5, 5.41) is 0.436.